The number of nitro benzene ring substituents is 2. The van der Waals surface area contributed by atoms with Crippen LogP contribution in [-0.4, -0.2) is 27.7 Å². The molecule has 3 aromatic rings. The maximum absolute atomic E-state index is 13.1. The van der Waals surface area contributed by atoms with E-state index in [0.29, 0.717) is 30.7 Å². The number of nitro groups is 2. The van der Waals surface area contributed by atoms with Crippen LogP contribution in [0, 0.1) is 20.2 Å². The van der Waals surface area contributed by atoms with Gasteiger partial charge in [-0.3, -0.25) is 35.1 Å². The number of halogens is 2. The molecule has 1 aliphatic heterocycles. The van der Waals surface area contributed by atoms with Gasteiger partial charge < -0.3 is 4.74 Å². The van der Waals surface area contributed by atoms with Crippen molar-refractivity contribution in [1.29, 1.82) is 0 Å². The third-order valence-corrected chi connectivity index (χ3v) is 6.44. The fourth-order valence-corrected chi connectivity index (χ4v) is 4.93. The molecule has 1 heterocycles. The van der Waals surface area contributed by atoms with E-state index in [1.807, 2.05) is 0 Å². The molecule has 0 aliphatic carbocycles. The van der Waals surface area contributed by atoms with E-state index in [2.05, 4.69) is 37.2 Å². The summed E-state index contributed by atoms with van der Waals surface area (Å²) in [5.74, 6) is -1.48. The Labute approximate surface area is 230 Å². The van der Waals surface area contributed by atoms with Crippen molar-refractivity contribution in [2.45, 2.75) is 6.61 Å². The fraction of sp³-hybridized carbons (Fsp3) is 0.0417. The molecule has 0 saturated carbocycles. The molecule has 0 spiro atoms. The number of ether oxygens (including phenoxy) is 1. The average Bonchev–Trinajstić information content (AvgIpc) is 2.86. The molecule has 192 valence electrons. The Morgan fingerprint density at radius 1 is 0.895 bits per heavy atom. The molecule has 4 amide bonds. The lowest BCUT2D eigenvalue weighted by atomic mass is 10.1. The van der Waals surface area contributed by atoms with Crippen molar-refractivity contribution in [1.82, 2.24) is 5.32 Å². The summed E-state index contributed by atoms with van der Waals surface area (Å²) in [5.41, 5.74) is 0.282. The molecule has 1 saturated heterocycles. The van der Waals surface area contributed by atoms with Crippen LogP contribution >= 0.6 is 31.9 Å². The molecule has 0 radical (unpaired) electrons. The van der Waals surface area contributed by atoms with Crippen molar-refractivity contribution in [3.63, 3.8) is 0 Å². The zero-order chi connectivity index (χ0) is 27.6. The largest absolute Gasteiger partial charge is 0.487 e. The number of hydrogen-bond acceptors (Lipinski definition) is 8. The Morgan fingerprint density at radius 2 is 1.53 bits per heavy atom. The zero-order valence-electron chi connectivity index (χ0n) is 18.9. The van der Waals surface area contributed by atoms with Gasteiger partial charge in [-0.15, -0.1) is 0 Å². The number of carbonyl (C=O) groups excluding carboxylic acids is 3. The highest BCUT2D eigenvalue weighted by Gasteiger charge is 2.37. The van der Waals surface area contributed by atoms with E-state index in [4.69, 9.17) is 4.74 Å². The van der Waals surface area contributed by atoms with Gasteiger partial charge in [0.1, 0.15) is 17.9 Å². The SMILES string of the molecule is O=C1NC(=O)N(c2cccc([N+](=O)[O-])c2)C(=O)/C1=C/c1cc(Br)c(OCc2ccc([N+](=O)[O-])cc2)c(Br)c1. The minimum atomic E-state index is -1.03. The summed E-state index contributed by atoms with van der Waals surface area (Å²) in [6, 6.07) is 12.9. The predicted molar refractivity (Wildman–Crippen MR) is 141 cm³/mol. The molecule has 1 aliphatic rings. The van der Waals surface area contributed by atoms with Gasteiger partial charge in [-0.2, -0.15) is 0 Å². The third kappa shape index (κ3) is 5.60. The second-order valence-electron chi connectivity index (χ2n) is 7.76. The number of carbonyl (C=O) groups is 3. The topological polar surface area (TPSA) is 162 Å². The van der Waals surface area contributed by atoms with Crippen LogP contribution in [0.2, 0.25) is 0 Å². The van der Waals surface area contributed by atoms with Crippen LogP contribution in [0.5, 0.6) is 5.75 Å². The Morgan fingerprint density at radius 3 is 2.13 bits per heavy atom. The van der Waals surface area contributed by atoms with Crippen molar-refractivity contribution < 1.29 is 29.0 Å². The highest BCUT2D eigenvalue weighted by Crippen LogP contribution is 2.36. The lowest BCUT2D eigenvalue weighted by molar-refractivity contribution is -0.385. The minimum Gasteiger partial charge on any atom is -0.487 e. The number of nitrogens with zero attached hydrogens (tertiary/aromatic N) is 3. The van der Waals surface area contributed by atoms with Gasteiger partial charge in [-0.05, 0) is 79.4 Å². The first-order valence-electron chi connectivity index (χ1n) is 10.6. The first-order valence-corrected chi connectivity index (χ1v) is 12.1. The number of rotatable bonds is 7. The summed E-state index contributed by atoms with van der Waals surface area (Å²) in [7, 11) is 0. The maximum atomic E-state index is 13.1. The van der Waals surface area contributed by atoms with Crippen LogP contribution in [0.4, 0.5) is 21.9 Å². The van der Waals surface area contributed by atoms with Crippen LogP contribution in [-0.2, 0) is 16.2 Å². The van der Waals surface area contributed by atoms with E-state index in [-0.39, 0.29) is 29.2 Å². The van der Waals surface area contributed by atoms with Crippen LogP contribution in [0.25, 0.3) is 6.08 Å². The van der Waals surface area contributed by atoms with E-state index >= 15 is 0 Å². The van der Waals surface area contributed by atoms with Gasteiger partial charge in [-0.25, -0.2) is 9.69 Å². The Balaban J connectivity index is 1.58. The smallest absolute Gasteiger partial charge is 0.335 e. The summed E-state index contributed by atoms with van der Waals surface area (Å²) in [4.78, 5) is 59.4. The van der Waals surface area contributed by atoms with Crippen LogP contribution in [0.15, 0.2) is 75.2 Å². The van der Waals surface area contributed by atoms with Crippen molar-refractivity contribution in [2.24, 2.45) is 0 Å². The monoisotopic (exact) mass is 644 g/mol. The van der Waals surface area contributed by atoms with Gasteiger partial charge in [0, 0.05) is 24.3 Å². The fourth-order valence-electron chi connectivity index (χ4n) is 3.47. The summed E-state index contributed by atoms with van der Waals surface area (Å²) in [5, 5.41) is 24.0. The van der Waals surface area contributed by atoms with E-state index in [0.717, 1.165) is 6.07 Å². The highest BCUT2D eigenvalue weighted by atomic mass is 79.9. The molecule has 38 heavy (non-hydrogen) atoms. The van der Waals surface area contributed by atoms with Gasteiger partial charge in [-0.1, -0.05) is 6.07 Å². The zero-order valence-corrected chi connectivity index (χ0v) is 22.1. The van der Waals surface area contributed by atoms with E-state index in [1.54, 1.807) is 24.3 Å². The Bertz CT molecular complexity index is 1520. The summed E-state index contributed by atoms with van der Waals surface area (Å²) in [6.45, 7) is 0.108. The lowest BCUT2D eigenvalue weighted by Crippen LogP contribution is -2.54. The number of anilines is 1. The molecule has 0 atom stereocenters. The average molecular weight is 646 g/mol. The van der Waals surface area contributed by atoms with Gasteiger partial charge >= 0.3 is 6.03 Å². The molecule has 1 N–H and O–H groups in total. The molecule has 4 rings (SSSR count). The molecule has 12 nitrogen and oxygen atoms in total. The number of amides is 4. The number of barbiturate groups is 1. The standard InChI is InChI=1S/C24H14Br2N4O8/c25-19-9-14(10-20(26)21(19)38-12-13-4-6-15(7-5-13)29(34)35)8-18-22(31)27-24(33)28(23(18)32)16-2-1-3-17(11-16)30(36)37/h1-11H,12H2,(H,27,31,33)/b18-8+. The molecular weight excluding hydrogens is 632 g/mol. The van der Waals surface area contributed by atoms with Crippen molar-refractivity contribution in [3.05, 3.63) is 107 Å². The predicted octanol–water partition coefficient (Wildman–Crippen LogP) is 5.27. The molecule has 0 bridgehead atoms. The Kier molecular flexibility index (Phi) is 7.64. The molecule has 0 unspecified atom stereocenters. The van der Waals surface area contributed by atoms with Crippen LogP contribution in [0.1, 0.15) is 11.1 Å². The first-order chi connectivity index (χ1) is 18.0. The first kappa shape index (κ1) is 26.6. The lowest BCUT2D eigenvalue weighted by Gasteiger charge is -2.26. The van der Waals surface area contributed by atoms with Gasteiger partial charge in [0.2, 0.25) is 0 Å². The number of hydrogen-bond donors (Lipinski definition) is 1. The van der Waals surface area contributed by atoms with Crippen molar-refractivity contribution in [2.75, 3.05) is 4.90 Å². The third-order valence-electron chi connectivity index (χ3n) is 5.26. The number of non-ortho nitro benzene ring substituents is 2. The maximum Gasteiger partial charge on any atom is 0.335 e. The van der Waals surface area contributed by atoms with E-state index in [9.17, 15) is 34.6 Å². The summed E-state index contributed by atoms with van der Waals surface area (Å²) < 4.78 is 6.76. The van der Waals surface area contributed by atoms with Crippen molar-refractivity contribution in [3.8, 4) is 5.75 Å². The number of urea groups is 1. The van der Waals surface area contributed by atoms with Gasteiger partial charge in [0.15, 0.2) is 0 Å². The molecule has 14 heteroatoms. The summed E-state index contributed by atoms with van der Waals surface area (Å²) >= 11 is 6.78. The number of imide groups is 2. The summed E-state index contributed by atoms with van der Waals surface area (Å²) in [6.07, 6.45) is 1.27. The van der Waals surface area contributed by atoms with E-state index < -0.39 is 27.7 Å². The molecule has 0 aromatic heterocycles. The van der Waals surface area contributed by atoms with E-state index in [1.165, 1.54) is 36.4 Å². The highest BCUT2D eigenvalue weighted by molar-refractivity contribution is 9.11. The minimum absolute atomic E-state index is 0.0412. The molecule has 3 aromatic carbocycles. The quantitative estimate of drug-likeness (QED) is 0.157. The van der Waals surface area contributed by atoms with Gasteiger partial charge in [0.25, 0.3) is 23.2 Å². The normalized spacial score (nSPS) is 14.4. The number of benzene rings is 3. The Hall–Kier alpha value is -4.43. The number of nitrogens with one attached hydrogen (secondary N) is 1. The van der Waals surface area contributed by atoms with Crippen LogP contribution < -0.4 is 15.0 Å². The second-order valence-corrected chi connectivity index (χ2v) is 9.47. The van der Waals surface area contributed by atoms with Crippen molar-refractivity contribution >= 4 is 72.8 Å². The molecule has 1 fully saturated rings. The second kappa shape index (κ2) is 10.9. The van der Waals surface area contributed by atoms with Crippen LogP contribution in [0.3, 0.4) is 0 Å². The van der Waals surface area contributed by atoms with Gasteiger partial charge in [0.05, 0.1) is 24.5 Å². The molecular formula is C24H14Br2N4O8.